The summed E-state index contributed by atoms with van der Waals surface area (Å²) in [6, 6.07) is 9.19. The molecule has 2 aromatic carbocycles. The van der Waals surface area contributed by atoms with E-state index in [0.717, 1.165) is 17.3 Å². The van der Waals surface area contributed by atoms with Gasteiger partial charge in [-0.25, -0.2) is 4.98 Å². The van der Waals surface area contributed by atoms with Crippen LogP contribution in [0.25, 0.3) is 0 Å². The lowest BCUT2D eigenvalue weighted by Crippen LogP contribution is -2.25. The minimum atomic E-state index is -4.45. The lowest BCUT2D eigenvalue weighted by molar-refractivity contribution is -0.138. The van der Waals surface area contributed by atoms with E-state index in [0.29, 0.717) is 47.3 Å². The maximum absolute atomic E-state index is 13.5. The van der Waals surface area contributed by atoms with E-state index in [1.54, 1.807) is 30.7 Å². The van der Waals surface area contributed by atoms with Crippen molar-refractivity contribution in [3.63, 3.8) is 0 Å². The third-order valence-corrected chi connectivity index (χ3v) is 7.04. The first-order valence-electron chi connectivity index (χ1n) is 12.3. The van der Waals surface area contributed by atoms with Crippen molar-refractivity contribution in [3.8, 4) is 11.5 Å². The van der Waals surface area contributed by atoms with Crippen molar-refractivity contribution >= 4 is 17.5 Å². The second kappa shape index (κ2) is 12.6. The van der Waals surface area contributed by atoms with Crippen LogP contribution in [0.3, 0.4) is 0 Å². The highest BCUT2D eigenvalue weighted by Crippen LogP contribution is 2.38. The number of benzene rings is 2. The van der Waals surface area contributed by atoms with Gasteiger partial charge in [0.15, 0.2) is 11.5 Å². The van der Waals surface area contributed by atoms with E-state index < -0.39 is 11.7 Å². The molecule has 1 aromatic heterocycles. The van der Waals surface area contributed by atoms with Gasteiger partial charge in [0.05, 0.1) is 37.0 Å². The van der Waals surface area contributed by atoms with E-state index in [1.165, 1.54) is 19.2 Å². The molecule has 1 atom stereocenters. The molecule has 0 saturated carbocycles. The predicted molar refractivity (Wildman–Crippen MR) is 141 cm³/mol. The number of aromatic nitrogens is 2. The number of rotatable bonds is 11. The van der Waals surface area contributed by atoms with E-state index in [1.807, 2.05) is 19.9 Å². The summed E-state index contributed by atoms with van der Waals surface area (Å²) in [5.41, 5.74) is 1.84. The molecule has 0 aliphatic rings. The van der Waals surface area contributed by atoms with Crippen molar-refractivity contribution in [1.82, 2.24) is 14.9 Å². The van der Waals surface area contributed by atoms with Crippen LogP contribution in [0.1, 0.15) is 53.7 Å². The zero-order valence-electron chi connectivity index (χ0n) is 22.2. The molecule has 10 heteroatoms. The number of carbonyl (C=O) groups excluding carboxylic acids is 1. The molecule has 1 amide bonds. The molecule has 38 heavy (non-hydrogen) atoms. The average molecular weight is 552 g/mol. The molecule has 0 radical (unpaired) electrons. The highest BCUT2D eigenvalue weighted by atomic mass is 35.5. The highest BCUT2D eigenvalue weighted by molar-refractivity contribution is 6.33. The molecule has 0 aliphatic carbocycles. The Morgan fingerprint density at radius 2 is 1.82 bits per heavy atom. The number of halogens is 4. The number of hydrogen-bond acceptors (Lipinski definition) is 4. The van der Waals surface area contributed by atoms with Crippen LogP contribution in [0.4, 0.5) is 13.2 Å². The second-order valence-electron chi connectivity index (χ2n) is 9.34. The highest BCUT2D eigenvalue weighted by Gasteiger charge is 2.33. The van der Waals surface area contributed by atoms with Crippen LogP contribution in [0.2, 0.25) is 5.02 Å². The number of alkyl halides is 3. The van der Waals surface area contributed by atoms with E-state index in [-0.39, 0.29) is 30.5 Å². The van der Waals surface area contributed by atoms with Gasteiger partial charge in [-0.05, 0) is 55.9 Å². The summed E-state index contributed by atoms with van der Waals surface area (Å²) in [7, 11) is 3.08. The predicted octanol–water partition coefficient (Wildman–Crippen LogP) is 6.51. The van der Waals surface area contributed by atoms with Crippen LogP contribution < -0.4 is 14.8 Å². The van der Waals surface area contributed by atoms with Crippen LogP contribution in [-0.4, -0.2) is 29.7 Å². The molecule has 3 aromatic rings. The molecule has 3 rings (SSSR count). The van der Waals surface area contributed by atoms with Gasteiger partial charge >= 0.3 is 6.18 Å². The Hall–Kier alpha value is -3.20. The summed E-state index contributed by atoms with van der Waals surface area (Å²) in [4.78, 5) is 17.1. The topological polar surface area (TPSA) is 65.4 Å². The fraction of sp³-hybridized carbons (Fsp3) is 0.429. The zero-order valence-corrected chi connectivity index (χ0v) is 23.0. The van der Waals surface area contributed by atoms with E-state index >= 15 is 0 Å². The van der Waals surface area contributed by atoms with Crippen molar-refractivity contribution in [2.24, 2.45) is 5.92 Å². The van der Waals surface area contributed by atoms with Crippen molar-refractivity contribution in [2.75, 3.05) is 14.2 Å². The van der Waals surface area contributed by atoms with Crippen molar-refractivity contribution < 1.29 is 27.4 Å². The van der Waals surface area contributed by atoms with Gasteiger partial charge in [0.2, 0.25) is 5.91 Å². The Labute approximate surface area is 226 Å². The van der Waals surface area contributed by atoms with Crippen LogP contribution in [0.5, 0.6) is 11.5 Å². The minimum absolute atomic E-state index is 0.0106. The number of aryl methyl sites for hydroxylation is 1. The summed E-state index contributed by atoms with van der Waals surface area (Å²) in [6.07, 6.45) is -2.87. The Morgan fingerprint density at radius 3 is 2.47 bits per heavy atom. The van der Waals surface area contributed by atoms with Gasteiger partial charge in [0, 0.05) is 18.7 Å². The smallest absolute Gasteiger partial charge is 0.416 e. The molecule has 206 valence electrons. The van der Waals surface area contributed by atoms with Gasteiger partial charge in [-0.2, -0.15) is 13.2 Å². The Bertz CT molecular complexity index is 1270. The van der Waals surface area contributed by atoms with Crippen LogP contribution in [0.15, 0.2) is 36.4 Å². The molecular weight excluding hydrogens is 519 g/mol. The zero-order chi connectivity index (χ0) is 28.0. The molecule has 1 N–H and O–H groups in total. The summed E-state index contributed by atoms with van der Waals surface area (Å²) in [5, 5.41) is 3.36. The van der Waals surface area contributed by atoms with Gasteiger partial charge in [0.25, 0.3) is 0 Å². The van der Waals surface area contributed by atoms with Crippen molar-refractivity contribution in [3.05, 3.63) is 75.3 Å². The molecule has 0 aliphatic heterocycles. The maximum atomic E-state index is 13.5. The number of nitrogens with zero attached hydrogens (tertiary/aromatic N) is 2. The molecule has 1 heterocycles. The van der Waals surface area contributed by atoms with Crippen LogP contribution >= 0.6 is 11.6 Å². The molecule has 6 nitrogen and oxygen atoms in total. The first-order chi connectivity index (χ1) is 18.0. The minimum Gasteiger partial charge on any atom is -0.493 e. The van der Waals surface area contributed by atoms with Crippen LogP contribution in [-0.2, 0) is 30.5 Å². The number of nitrogens with one attached hydrogen (secondary N) is 1. The third-order valence-electron chi connectivity index (χ3n) is 6.63. The summed E-state index contributed by atoms with van der Waals surface area (Å²) < 4.78 is 52.8. The summed E-state index contributed by atoms with van der Waals surface area (Å²) in [5.74, 6) is 1.56. The molecule has 0 bridgehead atoms. The number of carbonyl (C=O) groups is 1. The quantitative estimate of drug-likeness (QED) is 0.295. The largest absolute Gasteiger partial charge is 0.493 e. The van der Waals surface area contributed by atoms with Gasteiger partial charge in [-0.3, -0.25) is 4.79 Å². The number of methoxy groups -OCH3 is 2. The van der Waals surface area contributed by atoms with E-state index in [2.05, 4.69) is 10.3 Å². The molecule has 0 saturated heterocycles. The standard InChI is InChI=1S/C28H33ClF3N3O3/c1-17(14-20-11-12-23(37-4)27(38-5)26(20)29)10-13-25(36)33-15-24-34-18(2)19(3)35(24)16-21-8-6-7-9-22(21)28(30,31)32/h6-9,11-12,17H,10,13-16H2,1-5H3,(H,33,36). The lowest BCUT2D eigenvalue weighted by atomic mass is 9.96. The summed E-state index contributed by atoms with van der Waals surface area (Å²) in [6.45, 7) is 5.78. The molecule has 0 fully saturated rings. The Kier molecular flexibility index (Phi) is 9.71. The Balaban J connectivity index is 1.61. The average Bonchev–Trinajstić information content (AvgIpc) is 3.14. The number of imidazole rings is 1. The SMILES string of the molecule is COc1ccc(CC(C)CCC(=O)NCc2nc(C)c(C)n2Cc2ccccc2C(F)(F)F)c(Cl)c1OC. The first-order valence-corrected chi connectivity index (χ1v) is 12.7. The van der Waals surface area contributed by atoms with E-state index in [4.69, 9.17) is 21.1 Å². The maximum Gasteiger partial charge on any atom is 0.416 e. The normalized spacial score (nSPS) is 12.3. The molecular formula is C28H33ClF3N3O3. The fourth-order valence-corrected chi connectivity index (χ4v) is 4.69. The van der Waals surface area contributed by atoms with Gasteiger partial charge in [-0.15, -0.1) is 0 Å². The summed E-state index contributed by atoms with van der Waals surface area (Å²) >= 11 is 6.48. The van der Waals surface area contributed by atoms with Crippen molar-refractivity contribution in [2.45, 2.75) is 59.3 Å². The second-order valence-corrected chi connectivity index (χ2v) is 9.72. The number of amides is 1. The lowest BCUT2D eigenvalue weighted by Gasteiger charge is -2.17. The monoisotopic (exact) mass is 551 g/mol. The van der Waals surface area contributed by atoms with Gasteiger partial charge in [-0.1, -0.05) is 42.8 Å². The van der Waals surface area contributed by atoms with Crippen molar-refractivity contribution in [1.29, 1.82) is 0 Å². The number of hydrogen-bond donors (Lipinski definition) is 1. The van der Waals surface area contributed by atoms with E-state index in [9.17, 15) is 18.0 Å². The molecule has 0 spiro atoms. The first kappa shape index (κ1) is 29.4. The number of ether oxygens (including phenoxy) is 2. The van der Waals surface area contributed by atoms with Gasteiger partial charge in [0.1, 0.15) is 5.82 Å². The van der Waals surface area contributed by atoms with Gasteiger partial charge < -0.3 is 19.4 Å². The van der Waals surface area contributed by atoms with Crippen LogP contribution in [0, 0.1) is 19.8 Å². The fourth-order valence-electron chi connectivity index (χ4n) is 4.38. The Morgan fingerprint density at radius 1 is 1.11 bits per heavy atom. The molecule has 1 unspecified atom stereocenters. The third kappa shape index (κ3) is 7.01.